The third kappa shape index (κ3) is 10.6. The Balaban J connectivity index is 2.42. The Morgan fingerprint density at radius 2 is 1.82 bits per heavy atom. The molecule has 1 fully saturated rings. The van der Waals surface area contributed by atoms with E-state index >= 15 is 0 Å². The van der Waals surface area contributed by atoms with Gasteiger partial charge in [-0.3, -0.25) is 14.3 Å². The number of ether oxygens (including phenoxy) is 2. The molecule has 166 valence electrons. The zero-order chi connectivity index (χ0) is 21.4. The quantitative estimate of drug-likeness (QED) is 0.295. The molecule has 0 amide bonds. The first-order valence-corrected chi connectivity index (χ1v) is 13.2. The second-order valence-corrected chi connectivity index (χ2v) is 13.4. The Kier molecular flexibility index (Phi) is 10.5. The summed E-state index contributed by atoms with van der Waals surface area (Å²) in [6.45, 7) is 14.6. The highest BCUT2D eigenvalue weighted by Crippen LogP contribution is 2.58. The summed E-state index contributed by atoms with van der Waals surface area (Å²) >= 11 is 1.19. The molecule has 9 heteroatoms. The van der Waals surface area contributed by atoms with Gasteiger partial charge in [0.25, 0.3) is 0 Å². The molecule has 7 nitrogen and oxygen atoms in total. The van der Waals surface area contributed by atoms with E-state index in [1.807, 2.05) is 48.5 Å². The van der Waals surface area contributed by atoms with Crippen molar-refractivity contribution in [1.82, 2.24) is 9.99 Å². The summed E-state index contributed by atoms with van der Waals surface area (Å²) in [6.07, 6.45) is 0.736. The van der Waals surface area contributed by atoms with Crippen LogP contribution in [0.15, 0.2) is 0 Å². The van der Waals surface area contributed by atoms with Crippen molar-refractivity contribution in [3.05, 3.63) is 0 Å². The maximum atomic E-state index is 13.0. The minimum Gasteiger partial charge on any atom is -0.464 e. The first-order chi connectivity index (χ1) is 12.8. The molecule has 0 aliphatic carbocycles. The number of morpholine rings is 1. The van der Waals surface area contributed by atoms with Gasteiger partial charge in [0.05, 0.1) is 24.2 Å². The molecule has 1 aliphatic heterocycles. The number of carbonyl (C=O) groups excluding carboxylic acids is 1. The van der Waals surface area contributed by atoms with E-state index in [0.29, 0.717) is 5.75 Å². The highest BCUT2D eigenvalue weighted by atomic mass is 32.7. The maximum absolute atomic E-state index is 13.0. The Morgan fingerprint density at radius 1 is 1.21 bits per heavy atom. The maximum Gasteiger partial charge on any atom is 0.327 e. The van der Waals surface area contributed by atoms with E-state index < -0.39 is 17.7 Å². The third-order valence-corrected chi connectivity index (χ3v) is 8.51. The fourth-order valence-electron chi connectivity index (χ4n) is 2.62. The number of hydrogen-bond donors (Lipinski definition) is 1. The van der Waals surface area contributed by atoms with E-state index in [0.717, 1.165) is 39.3 Å². The molecule has 1 aliphatic rings. The number of esters is 1. The average molecular weight is 439 g/mol. The van der Waals surface area contributed by atoms with Crippen LogP contribution >= 0.6 is 18.1 Å². The molecule has 0 saturated carbocycles. The van der Waals surface area contributed by atoms with Crippen LogP contribution in [0, 0.1) is 5.41 Å². The average Bonchev–Trinajstić information content (AvgIpc) is 2.55. The predicted octanol–water partition coefficient (Wildman–Crippen LogP) is 3.93. The summed E-state index contributed by atoms with van der Waals surface area (Å²) in [7, 11) is 0. The van der Waals surface area contributed by atoms with Crippen molar-refractivity contribution >= 4 is 24.1 Å². The van der Waals surface area contributed by atoms with Gasteiger partial charge in [-0.05, 0) is 61.4 Å². The zero-order valence-electron chi connectivity index (χ0n) is 18.6. The number of nitrogens with zero attached hydrogens (tertiary/aromatic N) is 1. The van der Waals surface area contributed by atoms with Gasteiger partial charge in [-0.2, -0.15) is 0 Å². The summed E-state index contributed by atoms with van der Waals surface area (Å²) in [6, 6.07) is 0.0300. The Labute approximate surface area is 174 Å². The van der Waals surface area contributed by atoms with Crippen LogP contribution < -0.4 is 5.09 Å². The molecular weight excluding hydrogens is 399 g/mol. The fourth-order valence-corrected chi connectivity index (χ4v) is 7.18. The van der Waals surface area contributed by atoms with E-state index in [1.54, 1.807) is 0 Å². The molecule has 0 aromatic heterocycles. The van der Waals surface area contributed by atoms with Crippen LogP contribution in [0.2, 0.25) is 0 Å². The first-order valence-electron chi connectivity index (χ1n) is 10.0. The van der Waals surface area contributed by atoms with Crippen LogP contribution in [0.5, 0.6) is 0 Å². The molecule has 1 N–H and O–H groups in total. The Bertz CT molecular complexity index is 531. The SMILES string of the molecule is CC(C)NP(=O)(OC(C)(C)C)SCCOC(=O)C(C)(C)CCN1CCOCC1. The molecule has 28 heavy (non-hydrogen) atoms. The largest absolute Gasteiger partial charge is 0.464 e. The number of carbonyl (C=O) groups is 1. The lowest BCUT2D eigenvalue weighted by atomic mass is 9.89. The molecule has 1 rings (SSSR count). The van der Waals surface area contributed by atoms with Gasteiger partial charge in [0.15, 0.2) is 0 Å². The van der Waals surface area contributed by atoms with Gasteiger partial charge in [0.1, 0.15) is 6.61 Å². The van der Waals surface area contributed by atoms with Crippen molar-refractivity contribution in [2.75, 3.05) is 45.2 Å². The van der Waals surface area contributed by atoms with Crippen LogP contribution in [0.4, 0.5) is 0 Å². The van der Waals surface area contributed by atoms with Crippen molar-refractivity contribution in [2.24, 2.45) is 5.41 Å². The molecular formula is C19H39N2O5PS. The minimum atomic E-state index is -3.07. The molecule has 1 heterocycles. The van der Waals surface area contributed by atoms with Gasteiger partial charge < -0.3 is 14.0 Å². The van der Waals surface area contributed by atoms with Crippen molar-refractivity contribution < 1.29 is 23.4 Å². The Hall–Kier alpha value is -0.110. The smallest absolute Gasteiger partial charge is 0.327 e. The van der Waals surface area contributed by atoms with Crippen LogP contribution in [0.25, 0.3) is 0 Å². The summed E-state index contributed by atoms with van der Waals surface area (Å²) in [5, 5.41) is 3.03. The summed E-state index contributed by atoms with van der Waals surface area (Å²) in [5.41, 5.74) is -1.08. The molecule has 0 aromatic carbocycles. The summed E-state index contributed by atoms with van der Waals surface area (Å²) in [5.74, 6) is 0.197. The van der Waals surface area contributed by atoms with Gasteiger partial charge >= 0.3 is 12.7 Å². The van der Waals surface area contributed by atoms with E-state index in [4.69, 9.17) is 14.0 Å². The fraction of sp³-hybridized carbons (Fsp3) is 0.947. The summed E-state index contributed by atoms with van der Waals surface area (Å²) in [4.78, 5) is 14.8. The van der Waals surface area contributed by atoms with Crippen LogP contribution in [0.3, 0.4) is 0 Å². The third-order valence-electron chi connectivity index (χ3n) is 4.10. The van der Waals surface area contributed by atoms with Crippen molar-refractivity contribution in [2.45, 2.75) is 66.5 Å². The van der Waals surface area contributed by atoms with E-state index in [-0.39, 0.29) is 18.6 Å². The second kappa shape index (κ2) is 11.3. The summed E-state index contributed by atoms with van der Waals surface area (Å²) < 4.78 is 29.6. The van der Waals surface area contributed by atoms with Crippen molar-refractivity contribution in [3.8, 4) is 0 Å². The molecule has 1 atom stereocenters. The number of nitrogens with one attached hydrogen (secondary N) is 1. The molecule has 0 radical (unpaired) electrons. The highest BCUT2D eigenvalue weighted by Gasteiger charge is 2.32. The van der Waals surface area contributed by atoms with Crippen LogP contribution in [0.1, 0.15) is 54.9 Å². The van der Waals surface area contributed by atoms with Crippen LogP contribution in [-0.2, 0) is 23.4 Å². The number of rotatable bonds is 11. The molecule has 1 unspecified atom stereocenters. The predicted molar refractivity (Wildman–Crippen MR) is 116 cm³/mol. The number of hydrogen-bond acceptors (Lipinski definition) is 7. The van der Waals surface area contributed by atoms with E-state index in [2.05, 4.69) is 9.99 Å². The minimum absolute atomic E-state index is 0.0300. The van der Waals surface area contributed by atoms with E-state index in [1.165, 1.54) is 11.4 Å². The van der Waals surface area contributed by atoms with Gasteiger partial charge in [0.2, 0.25) is 0 Å². The van der Waals surface area contributed by atoms with Gasteiger partial charge in [-0.15, -0.1) is 0 Å². The molecule has 1 saturated heterocycles. The lowest BCUT2D eigenvalue weighted by Crippen LogP contribution is -2.39. The molecule has 0 aromatic rings. The van der Waals surface area contributed by atoms with Crippen molar-refractivity contribution in [1.29, 1.82) is 0 Å². The topological polar surface area (TPSA) is 77.1 Å². The lowest BCUT2D eigenvalue weighted by Gasteiger charge is -2.30. The lowest BCUT2D eigenvalue weighted by molar-refractivity contribution is -0.153. The molecule has 0 spiro atoms. The van der Waals surface area contributed by atoms with Crippen molar-refractivity contribution in [3.63, 3.8) is 0 Å². The Morgan fingerprint density at radius 3 is 2.36 bits per heavy atom. The van der Waals surface area contributed by atoms with Gasteiger partial charge in [-0.1, -0.05) is 11.4 Å². The van der Waals surface area contributed by atoms with E-state index in [9.17, 15) is 9.36 Å². The standard InChI is InChI=1S/C19H39N2O5PS/c1-16(2)20-27(23,26-18(3,4)5)28-15-14-25-17(22)19(6,7)8-9-21-10-12-24-13-11-21/h16H,8-15H2,1-7H3,(H,20,23). The first kappa shape index (κ1) is 25.9. The van der Waals surface area contributed by atoms with Crippen LogP contribution in [-0.4, -0.2) is 67.7 Å². The second-order valence-electron chi connectivity index (χ2n) is 9.04. The molecule has 0 bridgehead atoms. The normalized spacial score (nSPS) is 18.9. The highest BCUT2D eigenvalue weighted by molar-refractivity contribution is 8.56. The van der Waals surface area contributed by atoms with Gasteiger partial charge in [-0.25, -0.2) is 5.09 Å². The van der Waals surface area contributed by atoms with Gasteiger partial charge in [0, 0.05) is 24.9 Å². The zero-order valence-corrected chi connectivity index (χ0v) is 20.3. The monoisotopic (exact) mass is 438 g/mol.